The SMILES string of the molecule is CCOC(=O)N1CCN(C(=NC)NCCCCN2CCOCC2)CC1.I. The molecule has 152 valence electrons. The van der Waals surface area contributed by atoms with Gasteiger partial charge in [-0.25, -0.2) is 4.79 Å². The van der Waals surface area contributed by atoms with E-state index < -0.39 is 0 Å². The third-order valence-electron chi connectivity index (χ3n) is 4.60. The number of piperazine rings is 1. The molecule has 0 saturated carbocycles. The normalized spacial score (nSPS) is 19.1. The highest BCUT2D eigenvalue weighted by Crippen LogP contribution is 2.05. The Morgan fingerprint density at radius 1 is 1.08 bits per heavy atom. The van der Waals surface area contributed by atoms with Gasteiger partial charge in [-0.15, -0.1) is 24.0 Å². The van der Waals surface area contributed by atoms with Crippen molar-refractivity contribution in [2.75, 3.05) is 79.2 Å². The molecule has 0 aromatic heterocycles. The van der Waals surface area contributed by atoms with Gasteiger partial charge in [-0.1, -0.05) is 0 Å². The van der Waals surface area contributed by atoms with Crippen molar-refractivity contribution in [3.8, 4) is 0 Å². The fraction of sp³-hybridized carbons (Fsp3) is 0.882. The number of guanidine groups is 1. The molecule has 0 atom stereocenters. The molecule has 0 spiro atoms. The summed E-state index contributed by atoms with van der Waals surface area (Å²) in [6.07, 6.45) is 2.09. The van der Waals surface area contributed by atoms with Gasteiger partial charge in [0.2, 0.25) is 0 Å². The Morgan fingerprint density at radius 2 is 1.73 bits per heavy atom. The van der Waals surface area contributed by atoms with Gasteiger partial charge in [-0.2, -0.15) is 0 Å². The van der Waals surface area contributed by atoms with E-state index >= 15 is 0 Å². The third-order valence-corrected chi connectivity index (χ3v) is 4.60. The summed E-state index contributed by atoms with van der Waals surface area (Å²) in [4.78, 5) is 22.6. The van der Waals surface area contributed by atoms with E-state index in [1.165, 1.54) is 6.42 Å². The summed E-state index contributed by atoms with van der Waals surface area (Å²) in [5.41, 5.74) is 0. The summed E-state index contributed by atoms with van der Waals surface area (Å²) in [6, 6.07) is 0. The average Bonchev–Trinajstić information content (AvgIpc) is 2.66. The van der Waals surface area contributed by atoms with Crippen molar-refractivity contribution in [1.29, 1.82) is 0 Å². The lowest BCUT2D eigenvalue weighted by Gasteiger charge is -2.35. The summed E-state index contributed by atoms with van der Waals surface area (Å²) in [5, 5.41) is 3.44. The van der Waals surface area contributed by atoms with Crippen LogP contribution in [0.1, 0.15) is 19.8 Å². The maximum absolute atomic E-state index is 11.7. The Bertz CT molecular complexity index is 425. The van der Waals surface area contributed by atoms with E-state index in [1.807, 2.05) is 14.0 Å². The van der Waals surface area contributed by atoms with Gasteiger partial charge < -0.3 is 24.6 Å². The van der Waals surface area contributed by atoms with E-state index in [0.29, 0.717) is 19.7 Å². The molecule has 2 fully saturated rings. The van der Waals surface area contributed by atoms with Crippen molar-refractivity contribution in [1.82, 2.24) is 20.0 Å². The smallest absolute Gasteiger partial charge is 0.409 e. The first-order chi connectivity index (χ1) is 12.2. The first kappa shape index (κ1) is 23.2. The first-order valence-corrected chi connectivity index (χ1v) is 9.42. The number of halogens is 1. The minimum absolute atomic E-state index is 0. The lowest BCUT2D eigenvalue weighted by atomic mass is 10.2. The molecule has 9 heteroatoms. The second-order valence-electron chi connectivity index (χ2n) is 6.31. The van der Waals surface area contributed by atoms with Gasteiger partial charge in [-0.3, -0.25) is 9.89 Å². The highest BCUT2D eigenvalue weighted by Gasteiger charge is 2.23. The van der Waals surface area contributed by atoms with E-state index in [4.69, 9.17) is 9.47 Å². The van der Waals surface area contributed by atoms with Crippen LogP contribution in [0.15, 0.2) is 4.99 Å². The predicted octanol–water partition coefficient (Wildman–Crippen LogP) is 1.07. The second kappa shape index (κ2) is 13.4. The molecule has 0 aromatic rings. The Labute approximate surface area is 174 Å². The molecule has 2 rings (SSSR count). The number of aliphatic imine (C=N–C) groups is 1. The molecule has 26 heavy (non-hydrogen) atoms. The monoisotopic (exact) mass is 483 g/mol. The molecule has 0 unspecified atom stereocenters. The predicted molar refractivity (Wildman–Crippen MR) is 113 cm³/mol. The second-order valence-corrected chi connectivity index (χ2v) is 6.31. The van der Waals surface area contributed by atoms with E-state index in [9.17, 15) is 4.79 Å². The molecule has 0 radical (unpaired) electrons. The number of hydrogen-bond donors (Lipinski definition) is 1. The van der Waals surface area contributed by atoms with E-state index in [1.54, 1.807) is 4.90 Å². The number of nitrogens with zero attached hydrogens (tertiary/aromatic N) is 4. The lowest BCUT2D eigenvalue weighted by molar-refractivity contribution is 0.0372. The highest BCUT2D eigenvalue weighted by atomic mass is 127. The number of amides is 1. The van der Waals surface area contributed by atoms with Crippen molar-refractivity contribution < 1.29 is 14.3 Å². The number of carbonyl (C=O) groups excluding carboxylic acids is 1. The summed E-state index contributed by atoms with van der Waals surface area (Å²) in [6.45, 7) is 11.1. The standard InChI is InChI=1S/C17H33N5O3.HI/c1-3-25-17(23)22-10-8-21(9-11-22)16(18-2)19-6-4-5-7-20-12-14-24-15-13-20;/h3-15H2,1-2H3,(H,18,19);1H. The van der Waals surface area contributed by atoms with Crippen molar-refractivity contribution in [3.63, 3.8) is 0 Å². The maximum Gasteiger partial charge on any atom is 0.409 e. The number of nitrogens with one attached hydrogen (secondary N) is 1. The minimum Gasteiger partial charge on any atom is -0.450 e. The molecule has 8 nitrogen and oxygen atoms in total. The summed E-state index contributed by atoms with van der Waals surface area (Å²) in [7, 11) is 1.81. The Kier molecular flexibility index (Phi) is 11.9. The van der Waals surface area contributed by atoms with Gasteiger partial charge in [-0.05, 0) is 26.3 Å². The van der Waals surface area contributed by atoms with Crippen LogP contribution in [0.5, 0.6) is 0 Å². The largest absolute Gasteiger partial charge is 0.450 e. The molecule has 2 aliphatic rings. The van der Waals surface area contributed by atoms with Gasteiger partial charge >= 0.3 is 6.09 Å². The van der Waals surface area contributed by atoms with Gasteiger partial charge in [0, 0.05) is 52.9 Å². The third kappa shape index (κ3) is 7.83. The number of unbranched alkanes of at least 4 members (excludes halogenated alkanes) is 1. The molecular weight excluding hydrogens is 449 g/mol. The number of carbonyl (C=O) groups is 1. The molecule has 1 N–H and O–H groups in total. The molecular formula is C17H34IN5O3. The Morgan fingerprint density at radius 3 is 2.35 bits per heavy atom. The van der Waals surface area contributed by atoms with Crippen LogP contribution in [-0.2, 0) is 9.47 Å². The quantitative estimate of drug-likeness (QED) is 0.264. The molecule has 2 heterocycles. The number of morpholine rings is 1. The zero-order valence-corrected chi connectivity index (χ0v) is 18.4. The topological polar surface area (TPSA) is 69.6 Å². The van der Waals surface area contributed by atoms with Crippen LogP contribution in [0, 0.1) is 0 Å². The fourth-order valence-corrected chi connectivity index (χ4v) is 3.13. The number of ether oxygens (including phenoxy) is 2. The van der Waals surface area contributed by atoms with Gasteiger partial charge in [0.15, 0.2) is 5.96 Å². The van der Waals surface area contributed by atoms with Crippen LogP contribution in [0.4, 0.5) is 4.79 Å². The zero-order valence-electron chi connectivity index (χ0n) is 16.1. The van der Waals surface area contributed by atoms with Crippen LogP contribution in [-0.4, -0.2) is 106 Å². The van der Waals surface area contributed by atoms with Crippen LogP contribution in [0.3, 0.4) is 0 Å². The molecule has 0 bridgehead atoms. The van der Waals surface area contributed by atoms with E-state index in [-0.39, 0.29) is 30.1 Å². The van der Waals surface area contributed by atoms with Crippen LogP contribution < -0.4 is 5.32 Å². The Hall–Kier alpha value is -0.810. The number of hydrogen-bond acceptors (Lipinski definition) is 5. The van der Waals surface area contributed by atoms with Crippen LogP contribution in [0.25, 0.3) is 0 Å². The molecule has 1 amide bonds. The molecule has 2 aliphatic heterocycles. The van der Waals surface area contributed by atoms with Crippen LogP contribution in [0.2, 0.25) is 0 Å². The summed E-state index contributed by atoms with van der Waals surface area (Å²) in [5.74, 6) is 0.926. The van der Waals surface area contributed by atoms with Gasteiger partial charge in [0.25, 0.3) is 0 Å². The summed E-state index contributed by atoms with van der Waals surface area (Å²) >= 11 is 0. The van der Waals surface area contributed by atoms with Crippen molar-refractivity contribution >= 4 is 36.0 Å². The average molecular weight is 483 g/mol. The van der Waals surface area contributed by atoms with Crippen molar-refractivity contribution in [3.05, 3.63) is 0 Å². The van der Waals surface area contributed by atoms with E-state index in [2.05, 4.69) is 20.1 Å². The van der Waals surface area contributed by atoms with Gasteiger partial charge in [0.05, 0.1) is 19.8 Å². The number of rotatable bonds is 6. The van der Waals surface area contributed by atoms with Crippen molar-refractivity contribution in [2.45, 2.75) is 19.8 Å². The fourth-order valence-electron chi connectivity index (χ4n) is 3.13. The lowest BCUT2D eigenvalue weighted by Crippen LogP contribution is -2.54. The molecule has 2 saturated heterocycles. The molecule has 0 aromatic carbocycles. The maximum atomic E-state index is 11.7. The van der Waals surface area contributed by atoms with E-state index in [0.717, 1.165) is 64.9 Å². The Balaban J connectivity index is 0.00000338. The van der Waals surface area contributed by atoms with Crippen molar-refractivity contribution in [2.24, 2.45) is 4.99 Å². The minimum atomic E-state index is -0.215. The first-order valence-electron chi connectivity index (χ1n) is 9.42. The molecule has 0 aliphatic carbocycles. The zero-order chi connectivity index (χ0) is 17.9. The van der Waals surface area contributed by atoms with Crippen LogP contribution >= 0.6 is 24.0 Å². The summed E-state index contributed by atoms with van der Waals surface area (Å²) < 4.78 is 10.4. The highest BCUT2D eigenvalue weighted by molar-refractivity contribution is 14.0. The van der Waals surface area contributed by atoms with Gasteiger partial charge in [0.1, 0.15) is 0 Å².